The molecule has 1 rings (SSSR count). The molecule has 0 nitrogen and oxygen atoms in total. The molecule has 1 fully saturated rings. The van der Waals surface area contributed by atoms with Gasteiger partial charge in [-0.15, -0.1) is 23.2 Å². The Bertz CT molecular complexity index is 63.1. The Hall–Kier alpha value is 0.580. The van der Waals surface area contributed by atoms with Crippen LogP contribution in [-0.4, -0.2) is 11.8 Å². The zero-order valence-corrected chi connectivity index (χ0v) is 6.30. The average molecular weight is 153 g/mol. The molecule has 0 aromatic rings. The second-order valence-electron chi connectivity index (χ2n) is 2.62. The lowest BCUT2D eigenvalue weighted by Crippen LogP contribution is -2.32. The van der Waals surface area contributed by atoms with E-state index in [1.165, 1.54) is 19.3 Å². The van der Waals surface area contributed by atoms with Crippen molar-refractivity contribution in [3.8, 4) is 0 Å². The smallest absolute Gasteiger partial charge is 0.0291 e. The quantitative estimate of drug-likeness (QED) is 0.535. The molecule has 2 heteroatoms. The lowest BCUT2D eigenvalue weighted by Gasteiger charge is -2.38. The molecule has 0 saturated heterocycles. The van der Waals surface area contributed by atoms with Crippen LogP contribution in [-0.2, 0) is 0 Å². The van der Waals surface area contributed by atoms with Gasteiger partial charge in [-0.05, 0) is 18.3 Å². The van der Waals surface area contributed by atoms with Crippen LogP contribution in [0.15, 0.2) is 0 Å². The fourth-order valence-corrected chi connectivity index (χ4v) is 1.80. The summed E-state index contributed by atoms with van der Waals surface area (Å²) in [5.41, 5.74) is 0.336. The SMILES string of the molecule is ClCC1(CCl)CCC1. The largest absolute Gasteiger partial charge is 0.126 e. The van der Waals surface area contributed by atoms with E-state index in [1.807, 2.05) is 0 Å². The summed E-state index contributed by atoms with van der Waals surface area (Å²) in [5.74, 6) is 1.49. The first kappa shape index (κ1) is 6.70. The Balaban J connectivity index is 2.33. The topological polar surface area (TPSA) is 0 Å². The maximum Gasteiger partial charge on any atom is 0.0291 e. The zero-order chi connectivity index (χ0) is 6.04. The molecular formula is C6H10Cl2. The van der Waals surface area contributed by atoms with Gasteiger partial charge in [-0.3, -0.25) is 0 Å². The van der Waals surface area contributed by atoms with E-state index in [0.29, 0.717) is 5.41 Å². The van der Waals surface area contributed by atoms with Crippen molar-refractivity contribution in [1.82, 2.24) is 0 Å². The van der Waals surface area contributed by atoms with E-state index in [4.69, 9.17) is 23.2 Å². The molecular weight excluding hydrogens is 143 g/mol. The maximum absolute atomic E-state index is 5.68. The van der Waals surface area contributed by atoms with Gasteiger partial charge in [0.2, 0.25) is 0 Å². The van der Waals surface area contributed by atoms with E-state index in [2.05, 4.69) is 0 Å². The van der Waals surface area contributed by atoms with Crippen molar-refractivity contribution in [2.24, 2.45) is 5.41 Å². The van der Waals surface area contributed by atoms with Gasteiger partial charge in [0, 0.05) is 11.8 Å². The van der Waals surface area contributed by atoms with Crippen LogP contribution in [0.1, 0.15) is 19.3 Å². The number of hydrogen-bond acceptors (Lipinski definition) is 0. The predicted molar refractivity (Wildman–Crippen MR) is 37.7 cm³/mol. The summed E-state index contributed by atoms with van der Waals surface area (Å²) in [5, 5.41) is 0. The van der Waals surface area contributed by atoms with Crippen molar-refractivity contribution < 1.29 is 0 Å². The van der Waals surface area contributed by atoms with Gasteiger partial charge in [-0.2, -0.15) is 0 Å². The van der Waals surface area contributed by atoms with Crippen LogP contribution < -0.4 is 0 Å². The van der Waals surface area contributed by atoms with Crippen LogP contribution in [0, 0.1) is 5.41 Å². The minimum absolute atomic E-state index is 0.336. The Morgan fingerprint density at radius 3 is 1.62 bits per heavy atom. The molecule has 0 aromatic heterocycles. The minimum Gasteiger partial charge on any atom is -0.126 e. The van der Waals surface area contributed by atoms with Crippen LogP contribution >= 0.6 is 23.2 Å². The Morgan fingerprint density at radius 2 is 1.62 bits per heavy atom. The summed E-state index contributed by atoms with van der Waals surface area (Å²) in [4.78, 5) is 0. The number of rotatable bonds is 2. The van der Waals surface area contributed by atoms with Crippen LogP contribution in [0.2, 0.25) is 0 Å². The molecule has 0 atom stereocenters. The number of alkyl halides is 2. The van der Waals surface area contributed by atoms with Crippen LogP contribution in [0.25, 0.3) is 0 Å². The van der Waals surface area contributed by atoms with Crippen molar-refractivity contribution in [1.29, 1.82) is 0 Å². The first-order valence-electron chi connectivity index (χ1n) is 2.95. The fourth-order valence-electron chi connectivity index (χ4n) is 0.980. The normalized spacial score (nSPS) is 24.8. The van der Waals surface area contributed by atoms with Gasteiger partial charge in [0.15, 0.2) is 0 Å². The van der Waals surface area contributed by atoms with Gasteiger partial charge in [-0.25, -0.2) is 0 Å². The molecule has 1 saturated carbocycles. The molecule has 1 aliphatic carbocycles. The van der Waals surface area contributed by atoms with Gasteiger partial charge in [0.1, 0.15) is 0 Å². The minimum atomic E-state index is 0.336. The summed E-state index contributed by atoms with van der Waals surface area (Å²) in [6.45, 7) is 0. The molecule has 0 unspecified atom stereocenters. The highest BCUT2D eigenvalue weighted by molar-refractivity contribution is 6.21. The average Bonchev–Trinajstić information content (AvgIpc) is 1.67. The molecule has 0 aliphatic heterocycles. The van der Waals surface area contributed by atoms with Crippen molar-refractivity contribution in [3.63, 3.8) is 0 Å². The van der Waals surface area contributed by atoms with E-state index in [1.54, 1.807) is 0 Å². The third kappa shape index (κ3) is 0.964. The molecule has 0 heterocycles. The highest BCUT2D eigenvalue weighted by atomic mass is 35.5. The third-order valence-electron chi connectivity index (χ3n) is 1.98. The molecule has 0 bridgehead atoms. The first-order valence-corrected chi connectivity index (χ1v) is 4.02. The van der Waals surface area contributed by atoms with Gasteiger partial charge in [0.25, 0.3) is 0 Å². The predicted octanol–water partition coefficient (Wildman–Crippen LogP) is 2.63. The summed E-state index contributed by atoms with van der Waals surface area (Å²) >= 11 is 11.4. The maximum atomic E-state index is 5.68. The molecule has 48 valence electrons. The Labute approximate surface area is 60.2 Å². The van der Waals surface area contributed by atoms with E-state index in [9.17, 15) is 0 Å². The third-order valence-corrected chi connectivity index (χ3v) is 3.12. The standard InChI is InChI=1S/C6H10Cl2/c7-4-6(5-8)2-1-3-6/h1-5H2. The summed E-state index contributed by atoms with van der Waals surface area (Å²) in [6.07, 6.45) is 3.79. The van der Waals surface area contributed by atoms with Gasteiger partial charge in [-0.1, -0.05) is 6.42 Å². The second-order valence-corrected chi connectivity index (χ2v) is 3.16. The summed E-state index contributed by atoms with van der Waals surface area (Å²) < 4.78 is 0. The highest BCUT2D eigenvalue weighted by Crippen LogP contribution is 2.42. The van der Waals surface area contributed by atoms with Crippen molar-refractivity contribution in [2.75, 3.05) is 11.8 Å². The van der Waals surface area contributed by atoms with Crippen LogP contribution in [0.4, 0.5) is 0 Å². The van der Waals surface area contributed by atoms with E-state index < -0.39 is 0 Å². The highest BCUT2D eigenvalue weighted by Gasteiger charge is 2.34. The Kier molecular flexibility index (Phi) is 2.05. The molecule has 0 N–H and O–H groups in total. The van der Waals surface area contributed by atoms with Crippen molar-refractivity contribution in [3.05, 3.63) is 0 Å². The zero-order valence-electron chi connectivity index (χ0n) is 4.79. The monoisotopic (exact) mass is 152 g/mol. The molecule has 0 spiro atoms. The number of halogens is 2. The van der Waals surface area contributed by atoms with E-state index in [0.717, 1.165) is 11.8 Å². The van der Waals surface area contributed by atoms with E-state index in [-0.39, 0.29) is 0 Å². The van der Waals surface area contributed by atoms with Crippen molar-refractivity contribution in [2.45, 2.75) is 19.3 Å². The molecule has 0 amide bonds. The van der Waals surface area contributed by atoms with Gasteiger partial charge in [0.05, 0.1) is 0 Å². The van der Waals surface area contributed by atoms with Gasteiger partial charge >= 0.3 is 0 Å². The molecule has 0 aromatic carbocycles. The number of hydrogen-bond donors (Lipinski definition) is 0. The Morgan fingerprint density at radius 1 is 1.12 bits per heavy atom. The van der Waals surface area contributed by atoms with E-state index >= 15 is 0 Å². The molecule has 0 radical (unpaired) electrons. The van der Waals surface area contributed by atoms with Gasteiger partial charge < -0.3 is 0 Å². The molecule has 8 heavy (non-hydrogen) atoms. The lowest BCUT2D eigenvalue weighted by molar-refractivity contribution is 0.200. The second kappa shape index (κ2) is 2.45. The fraction of sp³-hybridized carbons (Fsp3) is 1.00. The lowest BCUT2D eigenvalue weighted by atomic mass is 9.72. The molecule has 1 aliphatic rings. The van der Waals surface area contributed by atoms with Crippen LogP contribution in [0.5, 0.6) is 0 Å². The summed E-state index contributed by atoms with van der Waals surface area (Å²) in [7, 11) is 0. The van der Waals surface area contributed by atoms with Crippen LogP contribution in [0.3, 0.4) is 0 Å². The summed E-state index contributed by atoms with van der Waals surface area (Å²) in [6, 6.07) is 0. The first-order chi connectivity index (χ1) is 3.83. The van der Waals surface area contributed by atoms with Crippen molar-refractivity contribution >= 4 is 23.2 Å².